The highest BCUT2D eigenvalue weighted by Crippen LogP contribution is 2.41. The van der Waals surface area contributed by atoms with E-state index in [-0.39, 0.29) is 24.5 Å². The molecule has 11 nitrogen and oxygen atoms in total. The van der Waals surface area contributed by atoms with Crippen molar-refractivity contribution >= 4 is 44.6 Å². The Kier molecular flexibility index (Phi) is 7.42. The summed E-state index contributed by atoms with van der Waals surface area (Å²) in [6.07, 6.45) is 3.35. The predicted octanol–water partition coefficient (Wildman–Crippen LogP) is 2.45. The Morgan fingerprint density at radius 2 is 2.08 bits per heavy atom. The molecule has 0 spiro atoms. The number of carbonyl (C=O) groups excluding carboxylic acids is 1. The van der Waals surface area contributed by atoms with Crippen LogP contribution in [0.4, 0.5) is 5.82 Å². The molecule has 2 aliphatic rings. The van der Waals surface area contributed by atoms with Crippen molar-refractivity contribution in [2.45, 2.75) is 51.4 Å². The summed E-state index contributed by atoms with van der Waals surface area (Å²) in [5.74, 6) is -0.261. The van der Waals surface area contributed by atoms with Gasteiger partial charge in [0.2, 0.25) is 5.78 Å². The van der Waals surface area contributed by atoms with Crippen LogP contribution in [0.3, 0.4) is 0 Å². The van der Waals surface area contributed by atoms with Crippen molar-refractivity contribution in [3.63, 3.8) is 0 Å². The van der Waals surface area contributed by atoms with Crippen molar-refractivity contribution in [1.29, 1.82) is 0 Å². The molecule has 1 fully saturated rings. The van der Waals surface area contributed by atoms with E-state index in [9.17, 15) is 18.3 Å². The van der Waals surface area contributed by atoms with Crippen LogP contribution in [0, 0.1) is 19.8 Å². The third-order valence-corrected chi connectivity index (χ3v) is 9.29. The fraction of sp³-hybridized carbons (Fsp3) is 0.478. The van der Waals surface area contributed by atoms with Crippen molar-refractivity contribution in [2.75, 3.05) is 18.5 Å². The number of ether oxygens (including phenoxy) is 1. The van der Waals surface area contributed by atoms with Gasteiger partial charge in [0.05, 0.1) is 38.7 Å². The molecular weight excluding hydrogens is 538 g/mol. The van der Waals surface area contributed by atoms with Crippen LogP contribution >= 0.6 is 22.7 Å². The van der Waals surface area contributed by atoms with Crippen molar-refractivity contribution < 1.29 is 27.6 Å². The lowest BCUT2D eigenvalue weighted by Crippen LogP contribution is -2.32. The van der Waals surface area contributed by atoms with E-state index in [1.807, 2.05) is 24.6 Å². The number of ketones is 1. The molecule has 198 valence electrons. The van der Waals surface area contributed by atoms with Gasteiger partial charge in [0, 0.05) is 41.6 Å². The Bertz CT molecular complexity index is 1420. The van der Waals surface area contributed by atoms with Crippen LogP contribution < -0.4 is 10.0 Å². The zero-order chi connectivity index (χ0) is 26.3. The average Bonchev–Trinajstić information content (AvgIpc) is 3.52. The number of hydrogen-bond donors (Lipinski definition) is 4. The van der Waals surface area contributed by atoms with Crippen molar-refractivity contribution in [3.05, 3.63) is 55.1 Å². The number of aliphatic hydroxyl groups excluding tert-OH is 1. The zero-order valence-corrected chi connectivity index (χ0v) is 22.6. The fourth-order valence-electron chi connectivity index (χ4n) is 4.91. The minimum atomic E-state index is -4.34. The van der Waals surface area contributed by atoms with Gasteiger partial charge < -0.3 is 15.2 Å². The third kappa shape index (κ3) is 5.74. The molecule has 4 atom stereocenters. The largest absolute Gasteiger partial charge is 0.393 e. The Labute approximate surface area is 222 Å². The van der Waals surface area contributed by atoms with Crippen LogP contribution in [0.2, 0.25) is 0 Å². The summed E-state index contributed by atoms with van der Waals surface area (Å²) in [7, 11) is -4.34. The molecule has 1 aliphatic heterocycles. The third-order valence-electron chi connectivity index (χ3n) is 6.64. The Morgan fingerprint density at radius 1 is 1.27 bits per heavy atom. The standard InChI is InChI=1S/C23H27N5O6S3/c1-11-15(21-22-17(3-4-34-21)27-12(2)36-22)7-19(35-11)20(30)16-9-24-10-25-23(16)28-14-5-13(18(29)6-14)8-26-37(31,32)33/h7,9-10,13-14,18,21,26,29H,3-6,8H2,1-2H3,(H,24,25,28)(H,31,32,33)/t13-,14-,18+,21+/m1/s1. The first-order chi connectivity index (χ1) is 17.6. The van der Waals surface area contributed by atoms with Gasteiger partial charge >= 0.3 is 10.3 Å². The number of nitrogens with one attached hydrogen (secondary N) is 2. The molecule has 37 heavy (non-hydrogen) atoms. The van der Waals surface area contributed by atoms with Crippen molar-refractivity contribution in [2.24, 2.45) is 5.92 Å². The number of thiazole rings is 1. The highest BCUT2D eigenvalue weighted by atomic mass is 32.2. The van der Waals surface area contributed by atoms with Gasteiger partial charge in [-0.15, -0.1) is 22.7 Å². The predicted molar refractivity (Wildman–Crippen MR) is 139 cm³/mol. The average molecular weight is 566 g/mol. The minimum absolute atomic E-state index is 0.0881. The number of thiophene rings is 1. The molecule has 4 heterocycles. The molecule has 0 saturated heterocycles. The molecule has 0 aromatic carbocycles. The molecule has 0 unspecified atom stereocenters. The van der Waals surface area contributed by atoms with Gasteiger partial charge in [-0.1, -0.05) is 0 Å². The van der Waals surface area contributed by atoms with Gasteiger partial charge in [-0.05, 0) is 32.8 Å². The lowest BCUT2D eigenvalue weighted by molar-refractivity contribution is 0.0716. The molecule has 3 aromatic rings. The van der Waals surface area contributed by atoms with Gasteiger partial charge in [0.25, 0.3) is 0 Å². The van der Waals surface area contributed by atoms with Gasteiger partial charge in [-0.25, -0.2) is 15.0 Å². The summed E-state index contributed by atoms with van der Waals surface area (Å²) in [6, 6.07) is 1.64. The molecule has 14 heteroatoms. The maximum Gasteiger partial charge on any atom is 0.333 e. The van der Waals surface area contributed by atoms with Crippen LogP contribution in [-0.4, -0.2) is 64.1 Å². The molecular formula is C23H27N5O6S3. The fourth-order valence-corrected chi connectivity index (χ4v) is 7.38. The summed E-state index contributed by atoms with van der Waals surface area (Å²) in [4.78, 5) is 29.1. The summed E-state index contributed by atoms with van der Waals surface area (Å²) >= 11 is 3.02. The second kappa shape index (κ2) is 10.4. The molecule has 0 bridgehead atoms. The number of aliphatic hydroxyl groups is 1. The normalized spacial score (nSPS) is 23.7. The first kappa shape index (κ1) is 26.3. The molecule has 1 aliphatic carbocycles. The van der Waals surface area contributed by atoms with Gasteiger partial charge in [0.1, 0.15) is 18.2 Å². The summed E-state index contributed by atoms with van der Waals surface area (Å²) in [6.45, 7) is 4.45. The van der Waals surface area contributed by atoms with E-state index in [0.717, 1.165) is 32.4 Å². The van der Waals surface area contributed by atoms with Crippen LogP contribution in [0.1, 0.15) is 60.2 Å². The van der Waals surface area contributed by atoms with Crippen molar-refractivity contribution in [1.82, 2.24) is 19.7 Å². The quantitative estimate of drug-likeness (QED) is 0.236. The lowest BCUT2D eigenvalue weighted by Gasteiger charge is -2.22. The van der Waals surface area contributed by atoms with Crippen LogP contribution in [0.25, 0.3) is 0 Å². The van der Waals surface area contributed by atoms with E-state index >= 15 is 0 Å². The van der Waals surface area contributed by atoms with E-state index < -0.39 is 22.3 Å². The van der Waals surface area contributed by atoms with Gasteiger partial charge in [0.15, 0.2) is 0 Å². The van der Waals surface area contributed by atoms with E-state index in [0.29, 0.717) is 35.7 Å². The van der Waals surface area contributed by atoms with E-state index in [2.05, 4.69) is 20.3 Å². The molecule has 0 amide bonds. The number of nitrogens with zero attached hydrogens (tertiary/aromatic N) is 3. The van der Waals surface area contributed by atoms with Gasteiger partial charge in [-0.3, -0.25) is 9.35 Å². The number of anilines is 1. The molecule has 1 saturated carbocycles. The smallest absolute Gasteiger partial charge is 0.333 e. The monoisotopic (exact) mass is 565 g/mol. The maximum atomic E-state index is 13.6. The highest BCUT2D eigenvalue weighted by Gasteiger charge is 2.35. The highest BCUT2D eigenvalue weighted by molar-refractivity contribution is 7.83. The SMILES string of the molecule is Cc1nc2c(s1)[C@H](c1cc(C(=O)c3cncnc3N[C@@H]3C[C@H](CNS(=O)(=O)O)[C@@H](O)C3)sc1C)OCC2. The second-order valence-corrected chi connectivity index (χ2v) is 13.0. The molecule has 0 radical (unpaired) electrons. The molecule has 4 N–H and O–H groups in total. The number of fused-ring (bicyclic) bond motifs is 1. The molecule has 3 aromatic heterocycles. The summed E-state index contributed by atoms with van der Waals surface area (Å²) < 4.78 is 39.0. The Hall–Kier alpha value is -2.33. The number of aryl methyl sites for hydroxylation is 2. The van der Waals surface area contributed by atoms with E-state index in [1.165, 1.54) is 23.9 Å². The number of carbonyl (C=O) groups is 1. The number of rotatable bonds is 8. The Morgan fingerprint density at radius 3 is 2.86 bits per heavy atom. The first-order valence-electron chi connectivity index (χ1n) is 11.8. The van der Waals surface area contributed by atoms with E-state index in [1.54, 1.807) is 11.3 Å². The van der Waals surface area contributed by atoms with Gasteiger partial charge in [-0.2, -0.15) is 13.1 Å². The Balaban J connectivity index is 1.34. The lowest BCUT2D eigenvalue weighted by atomic mass is 10.0. The summed E-state index contributed by atoms with van der Waals surface area (Å²) in [5.41, 5.74) is 2.32. The number of aromatic nitrogens is 3. The minimum Gasteiger partial charge on any atom is -0.393 e. The molecule has 5 rings (SSSR count). The maximum absolute atomic E-state index is 13.6. The summed E-state index contributed by atoms with van der Waals surface area (Å²) in [5, 5.41) is 14.6. The van der Waals surface area contributed by atoms with Crippen molar-refractivity contribution in [3.8, 4) is 0 Å². The van der Waals surface area contributed by atoms with E-state index in [4.69, 9.17) is 9.29 Å². The van der Waals surface area contributed by atoms with Crippen LogP contribution in [-0.2, 0) is 21.5 Å². The second-order valence-electron chi connectivity index (χ2n) is 9.24. The van der Waals surface area contributed by atoms with Crippen LogP contribution in [0.5, 0.6) is 0 Å². The zero-order valence-electron chi connectivity index (χ0n) is 20.2. The topological polar surface area (TPSA) is 164 Å². The number of hydrogen-bond acceptors (Lipinski definition) is 11. The van der Waals surface area contributed by atoms with Crippen LogP contribution in [0.15, 0.2) is 18.6 Å². The first-order valence-corrected chi connectivity index (χ1v) is 14.9.